The van der Waals surface area contributed by atoms with E-state index in [0.29, 0.717) is 37.0 Å². The Kier molecular flexibility index (Phi) is 6.98. The van der Waals surface area contributed by atoms with Gasteiger partial charge in [-0.3, -0.25) is 4.79 Å². The maximum Gasteiger partial charge on any atom is 0.251 e. The Balaban J connectivity index is 2.04. The Morgan fingerprint density at radius 3 is 2.28 bits per heavy atom. The molecule has 0 spiro atoms. The summed E-state index contributed by atoms with van der Waals surface area (Å²) in [5.41, 5.74) is 0.476. The molecule has 0 saturated carbocycles. The molecular formula is C18H29N3O3S. The molecular weight excluding hydrogens is 338 g/mol. The van der Waals surface area contributed by atoms with Crippen molar-refractivity contribution in [2.45, 2.75) is 31.6 Å². The van der Waals surface area contributed by atoms with Crippen molar-refractivity contribution in [3.05, 3.63) is 29.8 Å². The second kappa shape index (κ2) is 8.78. The van der Waals surface area contributed by atoms with E-state index in [0.717, 1.165) is 19.4 Å². The van der Waals surface area contributed by atoms with Crippen LogP contribution >= 0.6 is 0 Å². The molecule has 1 saturated heterocycles. The first-order valence-electron chi connectivity index (χ1n) is 8.87. The van der Waals surface area contributed by atoms with Crippen molar-refractivity contribution in [1.29, 1.82) is 0 Å². The molecule has 7 heteroatoms. The molecule has 2 unspecified atom stereocenters. The molecule has 1 aromatic carbocycles. The molecule has 1 amide bonds. The van der Waals surface area contributed by atoms with E-state index in [1.54, 1.807) is 16.4 Å². The van der Waals surface area contributed by atoms with E-state index < -0.39 is 10.0 Å². The van der Waals surface area contributed by atoms with Crippen LogP contribution < -0.4 is 10.6 Å². The van der Waals surface area contributed by atoms with Gasteiger partial charge in [0, 0.05) is 25.2 Å². The highest BCUT2D eigenvalue weighted by molar-refractivity contribution is 7.89. The molecule has 140 valence electrons. The summed E-state index contributed by atoms with van der Waals surface area (Å²) in [5.74, 6) is 0.544. The lowest BCUT2D eigenvalue weighted by Crippen LogP contribution is -2.42. The molecule has 1 aliphatic heterocycles. The molecule has 0 radical (unpaired) electrons. The molecule has 1 aromatic rings. The minimum absolute atomic E-state index is 0.180. The highest BCUT2D eigenvalue weighted by Gasteiger charge is 2.31. The summed E-state index contributed by atoms with van der Waals surface area (Å²) >= 11 is 0. The topological polar surface area (TPSA) is 78.5 Å². The smallest absolute Gasteiger partial charge is 0.251 e. The molecule has 1 aliphatic rings. The maximum atomic E-state index is 12.8. The van der Waals surface area contributed by atoms with Crippen LogP contribution in [0.25, 0.3) is 0 Å². The van der Waals surface area contributed by atoms with E-state index in [4.69, 9.17) is 0 Å². The van der Waals surface area contributed by atoms with E-state index in [-0.39, 0.29) is 10.8 Å². The summed E-state index contributed by atoms with van der Waals surface area (Å²) in [7, 11) is -1.64. The number of sulfonamides is 1. The predicted molar refractivity (Wildman–Crippen MR) is 99.0 cm³/mol. The number of piperidine rings is 1. The number of amides is 1. The zero-order valence-corrected chi connectivity index (χ0v) is 16.1. The standard InChI is InChI=1S/C18H29N3O3S/c1-14-11-15(2)13-21(12-14)25(23,24)17-7-5-16(6-8-17)18(22)20-10-4-9-19-3/h5-8,14-15,19H,4,9-13H2,1-3H3,(H,20,22). The maximum absolute atomic E-state index is 12.8. The summed E-state index contributed by atoms with van der Waals surface area (Å²) in [5, 5.41) is 5.85. The van der Waals surface area contributed by atoms with Gasteiger partial charge in [0.2, 0.25) is 10.0 Å². The number of hydrogen-bond donors (Lipinski definition) is 2. The lowest BCUT2D eigenvalue weighted by atomic mass is 9.94. The summed E-state index contributed by atoms with van der Waals surface area (Å²) in [6.45, 7) is 6.70. The van der Waals surface area contributed by atoms with Crippen LogP contribution in [0.1, 0.15) is 37.0 Å². The third-order valence-electron chi connectivity index (χ3n) is 4.48. The first kappa shape index (κ1) is 19.9. The van der Waals surface area contributed by atoms with Crippen LogP contribution in [-0.4, -0.2) is 51.9 Å². The van der Waals surface area contributed by atoms with E-state index in [9.17, 15) is 13.2 Å². The van der Waals surface area contributed by atoms with Gasteiger partial charge >= 0.3 is 0 Å². The zero-order chi connectivity index (χ0) is 18.4. The highest BCUT2D eigenvalue weighted by atomic mass is 32.2. The third-order valence-corrected chi connectivity index (χ3v) is 6.32. The molecule has 0 aliphatic carbocycles. The molecule has 0 aromatic heterocycles. The van der Waals surface area contributed by atoms with E-state index >= 15 is 0 Å². The Labute approximate surface area is 151 Å². The van der Waals surface area contributed by atoms with Gasteiger partial charge in [-0.25, -0.2) is 8.42 Å². The Morgan fingerprint density at radius 2 is 1.72 bits per heavy atom. The predicted octanol–water partition coefficient (Wildman–Crippen LogP) is 1.69. The average molecular weight is 368 g/mol. The first-order valence-corrected chi connectivity index (χ1v) is 10.3. The minimum atomic E-state index is -3.50. The van der Waals surface area contributed by atoms with E-state index in [1.165, 1.54) is 12.1 Å². The van der Waals surface area contributed by atoms with Crippen LogP contribution in [0.2, 0.25) is 0 Å². The third kappa shape index (κ3) is 5.26. The molecule has 1 fully saturated rings. The fourth-order valence-electron chi connectivity index (χ4n) is 3.30. The molecule has 6 nitrogen and oxygen atoms in total. The van der Waals surface area contributed by atoms with Gasteiger partial charge in [0.1, 0.15) is 0 Å². The Morgan fingerprint density at radius 1 is 1.12 bits per heavy atom. The van der Waals surface area contributed by atoms with Crippen LogP contribution in [0.4, 0.5) is 0 Å². The normalized spacial score (nSPS) is 21.9. The summed E-state index contributed by atoms with van der Waals surface area (Å²) in [4.78, 5) is 12.3. The number of carbonyl (C=O) groups excluding carboxylic acids is 1. The summed E-state index contributed by atoms with van der Waals surface area (Å²) in [6, 6.07) is 6.22. The lowest BCUT2D eigenvalue weighted by Gasteiger charge is -2.34. The number of nitrogens with zero attached hydrogens (tertiary/aromatic N) is 1. The second-order valence-corrected chi connectivity index (χ2v) is 8.94. The van der Waals surface area contributed by atoms with Gasteiger partial charge < -0.3 is 10.6 Å². The Bertz CT molecular complexity index is 663. The number of nitrogens with one attached hydrogen (secondary N) is 2. The Hall–Kier alpha value is -1.44. The zero-order valence-electron chi connectivity index (χ0n) is 15.3. The van der Waals surface area contributed by atoms with E-state index in [1.807, 2.05) is 7.05 Å². The first-order chi connectivity index (χ1) is 11.8. The molecule has 2 atom stereocenters. The van der Waals surface area contributed by atoms with Gasteiger partial charge in [0.05, 0.1) is 4.90 Å². The average Bonchev–Trinajstić information content (AvgIpc) is 2.58. The number of rotatable bonds is 7. The van der Waals surface area contributed by atoms with Crippen LogP contribution in [0, 0.1) is 11.8 Å². The van der Waals surface area contributed by atoms with Crippen LogP contribution in [0.15, 0.2) is 29.2 Å². The minimum Gasteiger partial charge on any atom is -0.352 e. The second-order valence-electron chi connectivity index (χ2n) is 7.01. The molecule has 25 heavy (non-hydrogen) atoms. The molecule has 0 bridgehead atoms. The van der Waals surface area contributed by atoms with Gasteiger partial charge in [-0.2, -0.15) is 4.31 Å². The summed E-state index contributed by atoms with van der Waals surface area (Å²) < 4.78 is 27.2. The summed E-state index contributed by atoms with van der Waals surface area (Å²) in [6.07, 6.45) is 1.90. The van der Waals surface area contributed by atoms with Crippen molar-refractivity contribution >= 4 is 15.9 Å². The van der Waals surface area contributed by atoms with E-state index in [2.05, 4.69) is 24.5 Å². The van der Waals surface area contributed by atoms with Crippen molar-refractivity contribution in [1.82, 2.24) is 14.9 Å². The number of carbonyl (C=O) groups is 1. The van der Waals surface area contributed by atoms with Gasteiger partial charge in [-0.1, -0.05) is 13.8 Å². The van der Waals surface area contributed by atoms with Crippen LogP contribution in [0.3, 0.4) is 0 Å². The van der Waals surface area contributed by atoms with Crippen molar-refractivity contribution in [2.24, 2.45) is 11.8 Å². The van der Waals surface area contributed by atoms with Crippen LogP contribution in [0.5, 0.6) is 0 Å². The number of benzene rings is 1. The monoisotopic (exact) mass is 367 g/mol. The quantitative estimate of drug-likeness (QED) is 0.719. The van der Waals surface area contributed by atoms with Gasteiger partial charge in [0.25, 0.3) is 5.91 Å². The lowest BCUT2D eigenvalue weighted by molar-refractivity contribution is 0.0953. The SMILES string of the molecule is CNCCCNC(=O)c1ccc(S(=O)(=O)N2CC(C)CC(C)C2)cc1. The van der Waals surface area contributed by atoms with Crippen molar-refractivity contribution in [2.75, 3.05) is 33.2 Å². The van der Waals surface area contributed by atoms with Gasteiger partial charge in [-0.15, -0.1) is 0 Å². The van der Waals surface area contributed by atoms with Crippen molar-refractivity contribution in [3.8, 4) is 0 Å². The number of hydrogen-bond acceptors (Lipinski definition) is 4. The molecule has 2 rings (SSSR count). The fourth-order valence-corrected chi connectivity index (χ4v) is 4.98. The molecule has 2 N–H and O–H groups in total. The largest absolute Gasteiger partial charge is 0.352 e. The van der Waals surface area contributed by atoms with Gasteiger partial charge in [-0.05, 0) is 62.5 Å². The highest BCUT2D eigenvalue weighted by Crippen LogP contribution is 2.26. The van der Waals surface area contributed by atoms with Crippen molar-refractivity contribution < 1.29 is 13.2 Å². The van der Waals surface area contributed by atoms with Gasteiger partial charge in [0.15, 0.2) is 0 Å². The molecule has 1 heterocycles. The van der Waals surface area contributed by atoms with Crippen LogP contribution in [-0.2, 0) is 10.0 Å². The van der Waals surface area contributed by atoms with Crippen molar-refractivity contribution in [3.63, 3.8) is 0 Å². The fraction of sp³-hybridized carbons (Fsp3) is 0.611.